The second-order valence-corrected chi connectivity index (χ2v) is 5.28. The van der Waals surface area contributed by atoms with Gasteiger partial charge in [-0.1, -0.05) is 19.1 Å². The van der Waals surface area contributed by atoms with Gasteiger partial charge in [0, 0.05) is 17.3 Å². The number of nitrogens with one attached hydrogen (secondary N) is 1. The SMILES string of the molecule is CCSc1ccc(C(C)Nc2ncccn2)cc1. The third kappa shape index (κ3) is 3.47. The van der Waals surface area contributed by atoms with Gasteiger partial charge in [0.25, 0.3) is 0 Å². The zero-order valence-corrected chi connectivity index (χ0v) is 11.4. The lowest BCUT2D eigenvalue weighted by molar-refractivity contribution is 0.859. The van der Waals surface area contributed by atoms with Crippen LogP contribution < -0.4 is 5.32 Å². The molecule has 0 spiro atoms. The lowest BCUT2D eigenvalue weighted by atomic mass is 10.1. The minimum atomic E-state index is 0.202. The van der Waals surface area contributed by atoms with Gasteiger partial charge in [0.1, 0.15) is 0 Å². The Labute approximate surface area is 112 Å². The molecule has 1 aromatic heterocycles. The van der Waals surface area contributed by atoms with Crippen molar-refractivity contribution in [2.24, 2.45) is 0 Å². The zero-order valence-electron chi connectivity index (χ0n) is 10.6. The van der Waals surface area contributed by atoms with Crippen molar-refractivity contribution in [1.29, 1.82) is 0 Å². The Bertz CT molecular complexity index is 470. The summed E-state index contributed by atoms with van der Waals surface area (Å²) in [4.78, 5) is 9.64. The molecule has 0 aliphatic carbocycles. The smallest absolute Gasteiger partial charge is 0.223 e. The summed E-state index contributed by atoms with van der Waals surface area (Å²) < 4.78 is 0. The maximum absolute atomic E-state index is 4.16. The summed E-state index contributed by atoms with van der Waals surface area (Å²) in [6.07, 6.45) is 3.48. The largest absolute Gasteiger partial charge is 0.348 e. The van der Waals surface area contributed by atoms with E-state index in [1.807, 2.05) is 17.8 Å². The molecule has 1 aromatic carbocycles. The molecule has 2 aromatic rings. The highest BCUT2D eigenvalue weighted by Gasteiger charge is 2.06. The van der Waals surface area contributed by atoms with Crippen molar-refractivity contribution in [3.8, 4) is 0 Å². The van der Waals surface area contributed by atoms with Gasteiger partial charge < -0.3 is 5.32 Å². The standard InChI is InChI=1S/C14H17N3S/c1-3-18-13-7-5-12(6-8-13)11(2)17-14-15-9-4-10-16-14/h4-11H,3H2,1-2H3,(H,15,16,17). The Balaban J connectivity index is 2.02. The highest BCUT2D eigenvalue weighted by molar-refractivity contribution is 7.99. The van der Waals surface area contributed by atoms with Gasteiger partial charge in [-0.05, 0) is 36.4 Å². The minimum absolute atomic E-state index is 0.202. The molecule has 0 fully saturated rings. The summed E-state index contributed by atoms with van der Waals surface area (Å²) in [5.41, 5.74) is 1.24. The molecule has 1 unspecified atom stereocenters. The van der Waals surface area contributed by atoms with Gasteiger partial charge in [-0.3, -0.25) is 0 Å². The Morgan fingerprint density at radius 1 is 1.17 bits per heavy atom. The molecule has 0 radical (unpaired) electrons. The van der Waals surface area contributed by atoms with E-state index in [-0.39, 0.29) is 6.04 Å². The van der Waals surface area contributed by atoms with Crippen LogP contribution in [0.2, 0.25) is 0 Å². The fourth-order valence-corrected chi connectivity index (χ4v) is 2.33. The Hall–Kier alpha value is -1.55. The molecule has 0 aliphatic heterocycles. The molecule has 2 rings (SSSR count). The van der Waals surface area contributed by atoms with Crippen LogP contribution in [0.4, 0.5) is 5.95 Å². The number of rotatable bonds is 5. The van der Waals surface area contributed by atoms with E-state index in [0.29, 0.717) is 5.95 Å². The lowest BCUT2D eigenvalue weighted by Gasteiger charge is -2.14. The van der Waals surface area contributed by atoms with Gasteiger partial charge in [0.15, 0.2) is 0 Å². The number of anilines is 1. The highest BCUT2D eigenvalue weighted by Crippen LogP contribution is 2.22. The van der Waals surface area contributed by atoms with Crippen LogP contribution >= 0.6 is 11.8 Å². The number of thioether (sulfide) groups is 1. The molecule has 94 valence electrons. The molecule has 0 saturated carbocycles. The van der Waals surface area contributed by atoms with E-state index in [1.165, 1.54) is 10.5 Å². The molecule has 1 atom stereocenters. The number of aromatic nitrogens is 2. The van der Waals surface area contributed by atoms with E-state index in [9.17, 15) is 0 Å². The van der Waals surface area contributed by atoms with Crippen molar-refractivity contribution in [2.75, 3.05) is 11.1 Å². The van der Waals surface area contributed by atoms with Crippen LogP contribution in [0.5, 0.6) is 0 Å². The first-order valence-corrected chi connectivity index (χ1v) is 7.04. The summed E-state index contributed by atoms with van der Waals surface area (Å²) in [6, 6.07) is 10.6. The van der Waals surface area contributed by atoms with Gasteiger partial charge in [-0.2, -0.15) is 0 Å². The highest BCUT2D eigenvalue weighted by atomic mass is 32.2. The molecule has 4 heteroatoms. The second-order valence-electron chi connectivity index (χ2n) is 3.94. The first-order valence-electron chi connectivity index (χ1n) is 6.06. The predicted octanol–water partition coefficient (Wildman–Crippen LogP) is 3.76. The van der Waals surface area contributed by atoms with Crippen LogP contribution in [-0.4, -0.2) is 15.7 Å². The quantitative estimate of drug-likeness (QED) is 0.830. The average Bonchev–Trinajstić information content (AvgIpc) is 2.41. The fourth-order valence-electron chi connectivity index (χ4n) is 1.67. The van der Waals surface area contributed by atoms with Crippen molar-refractivity contribution in [1.82, 2.24) is 9.97 Å². The van der Waals surface area contributed by atoms with E-state index >= 15 is 0 Å². The van der Waals surface area contributed by atoms with Crippen LogP contribution in [0.3, 0.4) is 0 Å². The Morgan fingerprint density at radius 3 is 2.44 bits per heavy atom. The van der Waals surface area contributed by atoms with Crippen LogP contribution in [0, 0.1) is 0 Å². The van der Waals surface area contributed by atoms with Crippen molar-refractivity contribution in [3.05, 3.63) is 48.3 Å². The molecule has 0 amide bonds. The van der Waals surface area contributed by atoms with E-state index in [4.69, 9.17) is 0 Å². The van der Waals surface area contributed by atoms with Crippen LogP contribution in [0.15, 0.2) is 47.6 Å². The van der Waals surface area contributed by atoms with E-state index in [2.05, 4.69) is 53.4 Å². The van der Waals surface area contributed by atoms with Crippen LogP contribution in [-0.2, 0) is 0 Å². The van der Waals surface area contributed by atoms with Crippen LogP contribution in [0.1, 0.15) is 25.5 Å². The summed E-state index contributed by atoms with van der Waals surface area (Å²) in [6.45, 7) is 4.27. The third-order valence-corrected chi connectivity index (χ3v) is 3.50. The van der Waals surface area contributed by atoms with Crippen molar-refractivity contribution in [3.63, 3.8) is 0 Å². The van der Waals surface area contributed by atoms with Crippen molar-refractivity contribution < 1.29 is 0 Å². The maximum Gasteiger partial charge on any atom is 0.223 e. The Morgan fingerprint density at radius 2 is 1.83 bits per heavy atom. The summed E-state index contributed by atoms with van der Waals surface area (Å²) in [5.74, 6) is 1.77. The van der Waals surface area contributed by atoms with E-state index in [1.54, 1.807) is 12.4 Å². The number of hydrogen-bond acceptors (Lipinski definition) is 4. The topological polar surface area (TPSA) is 37.8 Å². The zero-order chi connectivity index (χ0) is 12.8. The first kappa shape index (κ1) is 12.9. The summed E-state index contributed by atoms with van der Waals surface area (Å²) in [7, 11) is 0. The molecular formula is C14H17N3S. The normalized spacial score (nSPS) is 12.1. The van der Waals surface area contributed by atoms with Crippen molar-refractivity contribution in [2.45, 2.75) is 24.8 Å². The van der Waals surface area contributed by atoms with Crippen LogP contribution in [0.25, 0.3) is 0 Å². The maximum atomic E-state index is 4.16. The lowest BCUT2D eigenvalue weighted by Crippen LogP contribution is -2.08. The molecular weight excluding hydrogens is 242 g/mol. The molecule has 18 heavy (non-hydrogen) atoms. The summed E-state index contributed by atoms with van der Waals surface area (Å²) >= 11 is 1.85. The molecule has 0 aliphatic rings. The van der Waals surface area contributed by atoms with E-state index in [0.717, 1.165) is 5.75 Å². The molecule has 1 N–H and O–H groups in total. The molecule has 0 saturated heterocycles. The monoisotopic (exact) mass is 259 g/mol. The van der Waals surface area contributed by atoms with E-state index < -0.39 is 0 Å². The molecule has 1 heterocycles. The average molecular weight is 259 g/mol. The van der Waals surface area contributed by atoms with Gasteiger partial charge in [0.05, 0.1) is 6.04 Å². The predicted molar refractivity (Wildman–Crippen MR) is 76.9 cm³/mol. The molecule has 3 nitrogen and oxygen atoms in total. The number of benzene rings is 1. The third-order valence-electron chi connectivity index (χ3n) is 2.60. The summed E-state index contributed by atoms with van der Waals surface area (Å²) in [5, 5.41) is 3.28. The fraction of sp³-hybridized carbons (Fsp3) is 0.286. The number of nitrogens with zero attached hydrogens (tertiary/aromatic N) is 2. The van der Waals surface area contributed by atoms with Gasteiger partial charge in [0.2, 0.25) is 5.95 Å². The first-order chi connectivity index (χ1) is 8.79. The van der Waals surface area contributed by atoms with Gasteiger partial charge in [-0.25, -0.2) is 9.97 Å². The van der Waals surface area contributed by atoms with Gasteiger partial charge >= 0.3 is 0 Å². The minimum Gasteiger partial charge on any atom is -0.348 e. The second kappa shape index (κ2) is 6.40. The van der Waals surface area contributed by atoms with Crippen molar-refractivity contribution >= 4 is 17.7 Å². The van der Waals surface area contributed by atoms with Gasteiger partial charge in [-0.15, -0.1) is 11.8 Å². The molecule has 0 bridgehead atoms. The number of hydrogen-bond donors (Lipinski definition) is 1. The Kier molecular flexibility index (Phi) is 4.59.